The van der Waals surface area contributed by atoms with Gasteiger partial charge in [-0.05, 0) is 92.2 Å². The van der Waals surface area contributed by atoms with Gasteiger partial charge in [-0.25, -0.2) is 13.2 Å². The number of nitrogens with zero attached hydrogens (tertiary/aromatic N) is 3. The predicted molar refractivity (Wildman–Crippen MR) is 162 cm³/mol. The Morgan fingerprint density at radius 3 is 2.39 bits per heavy atom. The number of hydrogen-bond donors (Lipinski definition) is 3. The van der Waals surface area contributed by atoms with Gasteiger partial charge in [-0.15, -0.1) is 0 Å². The number of rotatable bonds is 7. The zero-order valence-corrected chi connectivity index (χ0v) is 24.7. The number of halogens is 3. The van der Waals surface area contributed by atoms with Gasteiger partial charge in [0.2, 0.25) is 5.91 Å². The van der Waals surface area contributed by atoms with E-state index >= 15 is 0 Å². The number of β-amino-alcohol motifs (C(OH)–C–C–N with tert-alkyl or cyclic N) is 1. The molecule has 1 unspecified atom stereocenters. The maximum Gasteiger partial charge on any atom is 0.246 e. The number of hydrogen-bond acceptors (Lipinski definition) is 6. The number of benzene rings is 2. The summed E-state index contributed by atoms with van der Waals surface area (Å²) in [7, 11) is 0. The quantitative estimate of drug-likeness (QED) is 0.276. The number of aliphatic hydroxyl groups excluding tert-OH is 1. The van der Waals surface area contributed by atoms with E-state index in [1.807, 2.05) is 0 Å². The van der Waals surface area contributed by atoms with Crippen LogP contribution in [0.15, 0.2) is 42.6 Å². The second kappa shape index (κ2) is 12.9. The first-order valence-corrected chi connectivity index (χ1v) is 15.4. The first kappa shape index (κ1) is 30.6. The summed E-state index contributed by atoms with van der Waals surface area (Å²) in [6, 6.07) is 8.24. The summed E-state index contributed by atoms with van der Waals surface area (Å²) in [5.74, 6) is -4.18. The van der Waals surface area contributed by atoms with Crippen molar-refractivity contribution in [3.05, 3.63) is 71.2 Å². The van der Waals surface area contributed by atoms with Crippen LogP contribution < -0.4 is 4.90 Å². The topological polar surface area (TPSA) is 92.3 Å². The van der Waals surface area contributed by atoms with Gasteiger partial charge in [0, 0.05) is 61.6 Å². The average Bonchev–Trinajstić information content (AvgIpc) is 3.47. The fourth-order valence-corrected chi connectivity index (χ4v) is 6.72. The summed E-state index contributed by atoms with van der Waals surface area (Å²) >= 11 is 0. The van der Waals surface area contributed by atoms with E-state index in [2.05, 4.69) is 39.2 Å². The Labute approximate surface area is 254 Å². The van der Waals surface area contributed by atoms with E-state index in [1.165, 1.54) is 33.7 Å². The van der Waals surface area contributed by atoms with Crippen molar-refractivity contribution in [2.24, 2.45) is 0 Å². The van der Waals surface area contributed by atoms with Crippen LogP contribution in [0.1, 0.15) is 42.7 Å². The molecule has 3 aliphatic heterocycles. The van der Waals surface area contributed by atoms with Gasteiger partial charge in [-0.3, -0.25) is 4.79 Å². The third-order valence-electron chi connectivity index (χ3n) is 9.52. The maximum absolute atomic E-state index is 13.5. The minimum atomic E-state index is -1.56. The summed E-state index contributed by atoms with van der Waals surface area (Å²) in [6.07, 6.45) is 5.91. The fourth-order valence-electron chi connectivity index (χ4n) is 6.72. The number of ether oxygens (including phenoxy) is 1. The molecule has 0 bridgehead atoms. The van der Waals surface area contributed by atoms with Crippen molar-refractivity contribution >= 4 is 28.6 Å². The van der Waals surface area contributed by atoms with Gasteiger partial charge in [-0.2, -0.15) is 0 Å². The highest BCUT2D eigenvalue weighted by molar-refractivity contribution is 5.92. The molecule has 4 heterocycles. The van der Waals surface area contributed by atoms with E-state index in [0.29, 0.717) is 12.5 Å². The van der Waals surface area contributed by atoms with Gasteiger partial charge >= 0.3 is 0 Å². The van der Waals surface area contributed by atoms with Crippen molar-refractivity contribution in [2.75, 3.05) is 63.9 Å². The summed E-state index contributed by atoms with van der Waals surface area (Å²) in [5, 5.41) is 23.6. The molecule has 3 N–H and O–H groups in total. The molecular formula is C33H39F3N4O4. The summed E-state index contributed by atoms with van der Waals surface area (Å²) < 4.78 is 45.6. The SMILES string of the molecule is O=C(/C=C/c1cc(F)c(F)c(F)c1)N1CCC(O)(C(O)CN2CCC(c3c[nH]c4ccc(N5CCOCC5)cc34)CC2)CC1. The zero-order valence-electron chi connectivity index (χ0n) is 24.7. The lowest BCUT2D eigenvalue weighted by atomic mass is 9.84. The first-order valence-electron chi connectivity index (χ1n) is 15.4. The molecule has 0 saturated carbocycles. The van der Waals surface area contributed by atoms with Gasteiger partial charge in [0.05, 0.1) is 24.9 Å². The smallest absolute Gasteiger partial charge is 0.246 e. The van der Waals surface area contributed by atoms with Crippen LogP contribution in [-0.4, -0.2) is 102 Å². The molecule has 3 aliphatic rings. The van der Waals surface area contributed by atoms with Gasteiger partial charge in [0.15, 0.2) is 17.5 Å². The lowest BCUT2D eigenvalue weighted by molar-refractivity contribution is -0.140. The molecule has 3 saturated heterocycles. The Morgan fingerprint density at radius 2 is 1.70 bits per heavy atom. The molecular weight excluding hydrogens is 573 g/mol. The van der Waals surface area contributed by atoms with E-state index in [1.54, 1.807) is 0 Å². The van der Waals surface area contributed by atoms with E-state index in [-0.39, 0.29) is 37.4 Å². The van der Waals surface area contributed by atoms with Crippen LogP contribution >= 0.6 is 0 Å². The molecule has 236 valence electrons. The number of carbonyl (C=O) groups excluding carboxylic acids is 1. The average molecular weight is 613 g/mol. The Kier molecular flexibility index (Phi) is 9.00. The molecule has 6 rings (SSSR count). The number of H-pyrrole nitrogens is 1. The van der Waals surface area contributed by atoms with Crippen LogP contribution in [0.3, 0.4) is 0 Å². The fraction of sp³-hybridized carbons (Fsp3) is 0.485. The van der Waals surface area contributed by atoms with Crippen LogP contribution in [0.4, 0.5) is 18.9 Å². The van der Waals surface area contributed by atoms with Gasteiger partial charge < -0.3 is 34.6 Å². The summed E-state index contributed by atoms with van der Waals surface area (Å²) in [5.41, 5.74) is 2.40. The number of fused-ring (bicyclic) bond motifs is 1. The second-order valence-electron chi connectivity index (χ2n) is 12.2. The molecule has 44 heavy (non-hydrogen) atoms. The summed E-state index contributed by atoms with van der Waals surface area (Å²) in [4.78, 5) is 22.2. The van der Waals surface area contributed by atoms with Crippen LogP contribution in [-0.2, 0) is 9.53 Å². The predicted octanol–water partition coefficient (Wildman–Crippen LogP) is 4.03. The Morgan fingerprint density at radius 1 is 1.02 bits per heavy atom. The van der Waals surface area contributed by atoms with E-state index in [4.69, 9.17) is 4.74 Å². The molecule has 11 heteroatoms. The molecule has 1 amide bonds. The lowest BCUT2D eigenvalue weighted by Crippen LogP contribution is -2.56. The zero-order chi connectivity index (χ0) is 30.8. The molecule has 0 radical (unpaired) electrons. The van der Waals surface area contributed by atoms with Crippen LogP contribution in [0.5, 0.6) is 0 Å². The van der Waals surface area contributed by atoms with E-state index in [9.17, 15) is 28.2 Å². The molecule has 1 atom stereocenters. The highest BCUT2D eigenvalue weighted by Gasteiger charge is 2.40. The number of nitrogens with one attached hydrogen (secondary N) is 1. The molecule has 0 aliphatic carbocycles. The third kappa shape index (κ3) is 6.51. The lowest BCUT2D eigenvalue weighted by Gasteiger charge is -2.43. The standard InChI is InChI=1S/C33H39F3N4O4/c34-27-17-22(18-28(35)32(27)36)1-4-31(42)40-11-7-33(43,8-12-40)30(41)21-38-9-5-23(6-10-38)26-20-37-29-3-2-24(19-25(26)29)39-13-15-44-16-14-39/h1-4,17-20,23,30,37,41,43H,5-16,21H2/b4-1+. The normalized spacial score (nSPS) is 20.9. The molecule has 3 fully saturated rings. The van der Waals surface area contributed by atoms with Crippen molar-refractivity contribution in [3.63, 3.8) is 0 Å². The molecule has 8 nitrogen and oxygen atoms in total. The number of carbonyl (C=O) groups is 1. The van der Waals surface area contributed by atoms with Crippen LogP contribution in [0, 0.1) is 17.5 Å². The Balaban J connectivity index is 0.996. The maximum atomic E-state index is 13.5. The van der Waals surface area contributed by atoms with Gasteiger partial charge in [0.1, 0.15) is 0 Å². The highest BCUT2D eigenvalue weighted by atomic mass is 19.2. The van der Waals surface area contributed by atoms with Gasteiger partial charge in [-0.1, -0.05) is 0 Å². The van der Waals surface area contributed by atoms with Crippen molar-refractivity contribution in [2.45, 2.75) is 43.3 Å². The largest absolute Gasteiger partial charge is 0.389 e. The number of likely N-dealkylation sites (tertiary alicyclic amines) is 2. The van der Waals surface area contributed by atoms with E-state index in [0.717, 1.165) is 69.9 Å². The summed E-state index contributed by atoms with van der Waals surface area (Å²) in [6.45, 7) is 5.73. The monoisotopic (exact) mass is 612 g/mol. The number of amides is 1. The number of piperidine rings is 2. The molecule has 3 aromatic rings. The number of morpholine rings is 1. The van der Waals surface area contributed by atoms with Crippen molar-refractivity contribution in [3.8, 4) is 0 Å². The third-order valence-corrected chi connectivity index (χ3v) is 9.52. The minimum Gasteiger partial charge on any atom is -0.389 e. The number of aliphatic hydroxyl groups is 2. The number of aromatic nitrogens is 1. The van der Waals surface area contributed by atoms with Crippen LogP contribution in [0.2, 0.25) is 0 Å². The Bertz CT molecular complexity index is 1480. The van der Waals surface area contributed by atoms with Crippen molar-refractivity contribution in [1.29, 1.82) is 0 Å². The van der Waals surface area contributed by atoms with E-state index < -0.39 is 29.2 Å². The minimum absolute atomic E-state index is 0.0323. The van der Waals surface area contributed by atoms with Crippen LogP contribution in [0.25, 0.3) is 17.0 Å². The second-order valence-corrected chi connectivity index (χ2v) is 12.2. The van der Waals surface area contributed by atoms with Crippen molar-refractivity contribution in [1.82, 2.24) is 14.8 Å². The number of aromatic amines is 1. The molecule has 2 aromatic carbocycles. The number of anilines is 1. The first-order chi connectivity index (χ1) is 21.2. The highest BCUT2D eigenvalue weighted by Crippen LogP contribution is 2.36. The molecule has 1 aromatic heterocycles. The van der Waals surface area contributed by atoms with Crippen molar-refractivity contribution < 1.29 is 32.9 Å². The van der Waals surface area contributed by atoms with Gasteiger partial charge in [0.25, 0.3) is 0 Å². The molecule has 0 spiro atoms. The Hall–Kier alpha value is -3.38.